The van der Waals surface area contributed by atoms with Gasteiger partial charge in [-0.15, -0.1) is 5.10 Å². The molecule has 3 aromatic rings. The lowest BCUT2D eigenvalue weighted by Gasteiger charge is -2.10. The van der Waals surface area contributed by atoms with Gasteiger partial charge >= 0.3 is 0 Å². The Morgan fingerprint density at radius 1 is 1.22 bits per heavy atom. The van der Waals surface area contributed by atoms with E-state index in [0.29, 0.717) is 26.6 Å². The summed E-state index contributed by atoms with van der Waals surface area (Å²) in [6.07, 6.45) is 5.77. The van der Waals surface area contributed by atoms with Crippen molar-refractivity contribution in [2.75, 3.05) is 0 Å². The fourth-order valence-corrected chi connectivity index (χ4v) is 4.33. The predicted octanol–water partition coefficient (Wildman–Crippen LogP) is 4.86. The van der Waals surface area contributed by atoms with Crippen LogP contribution in [0.1, 0.15) is 18.1 Å². The summed E-state index contributed by atoms with van der Waals surface area (Å²) in [6.45, 7) is 1.86. The molecule has 0 spiro atoms. The third-order valence-corrected chi connectivity index (χ3v) is 5.84. The van der Waals surface area contributed by atoms with Crippen LogP contribution in [0.15, 0.2) is 47.9 Å². The molecule has 0 bridgehead atoms. The van der Waals surface area contributed by atoms with E-state index in [-0.39, 0.29) is 11.0 Å². The Kier molecular flexibility index (Phi) is 5.04. The number of Topliss-reactive ketones (excluding diaryl/α,β-unsaturated/α-hetero) is 1. The van der Waals surface area contributed by atoms with Gasteiger partial charge in [0.2, 0.25) is 5.16 Å². The molecule has 4 rings (SSSR count). The number of hydrogen-bond acceptors (Lipinski definition) is 5. The highest BCUT2D eigenvalue weighted by Gasteiger charge is 2.26. The van der Waals surface area contributed by atoms with Crippen molar-refractivity contribution in [3.05, 3.63) is 63.9 Å². The zero-order valence-corrected chi connectivity index (χ0v) is 16.6. The van der Waals surface area contributed by atoms with Crippen LogP contribution in [0.25, 0.3) is 17.0 Å². The number of benzene rings is 1. The maximum atomic E-state index is 12.9. The average Bonchev–Trinajstić information content (AvgIpc) is 3.28. The fraction of sp³-hybridized carbons (Fsp3) is 0.158. The number of aromatic nitrogens is 4. The van der Waals surface area contributed by atoms with Crippen LogP contribution in [0.4, 0.5) is 0 Å². The molecule has 136 valence electrons. The van der Waals surface area contributed by atoms with Gasteiger partial charge in [-0.25, -0.2) is 4.98 Å². The molecule has 1 unspecified atom stereocenters. The van der Waals surface area contributed by atoms with Crippen LogP contribution in [-0.2, 0) is 11.2 Å². The standard InChI is InChI=1S/C19H14Cl2N4OS/c1-10(17(26)13-7-6-11-4-2-3-5-12(11)13)27-19-23-18(24-25-19)16-14(20)8-22-9-15(16)21/h2-5,7-10H,6H2,1H3,(H,23,24,25). The van der Waals surface area contributed by atoms with Crippen molar-refractivity contribution in [1.82, 2.24) is 20.2 Å². The summed E-state index contributed by atoms with van der Waals surface area (Å²) in [6, 6.07) is 7.98. The smallest absolute Gasteiger partial charge is 0.209 e. The van der Waals surface area contributed by atoms with Crippen molar-refractivity contribution in [2.45, 2.75) is 23.8 Å². The van der Waals surface area contributed by atoms with Gasteiger partial charge in [0, 0.05) is 18.0 Å². The first-order valence-electron chi connectivity index (χ1n) is 8.25. The number of thioether (sulfide) groups is 1. The minimum absolute atomic E-state index is 0.0660. The topological polar surface area (TPSA) is 71.5 Å². The van der Waals surface area contributed by atoms with Crippen LogP contribution in [0.3, 0.4) is 0 Å². The predicted molar refractivity (Wildman–Crippen MR) is 108 cm³/mol. The summed E-state index contributed by atoms with van der Waals surface area (Å²) in [7, 11) is 0. The number of allylic oxidation sites excluding steroid dienone is 2. The highest BCUT2D eigenvalue weighted by atomic mass is 35.5. The Balaban J connectivity index is 1.52. The number of H-pyrrole nitrogens is 1. The lowest BCUT2D eigenvalue weighted by molar-refractivity contribution is -0.113. The SMILES string of the molecule is CC(Sc1n[nH]c(-c2c(Cl)cncc2Cl)n1)C(=O)C1=CCc2ccccc21. The molecule has 1 atom stereocenters. The molecule has 2 heterocycles. The van der Waals surface area contributed by atoms with Gasteiger partial charge in [-0.1, -0.05) is 65.3 Å². The van der Waals surface area contributed by atoms with E-state index in [4.69, 9.17) is 23.2 Å². The number of carbonyl (C=O) groups is 1. The van der Waals surface area contributed by atoms with Gasteiger partial charge in [0.1, 0.15) is 0 Å². The Morgan fingerprint density at radius 2 is 1.96 bits per heavy atom. The van der Waals surface area contributed by atoms with Gasteiger partial charge in [-0.2, -0.15) is 0 Å². The van der Waals surface area contributed by atoms with Crippen LogP contribution < -0.4 is 0 Å². The average molecular weight is 417 g/mol. The number of aromatic amines is 1. The molecular formula is C19H14Cl2N4OS. The highest BCUT2D eigenvalue weighted by Crippen LogP contribution is 2.34. The number of pyridine rings is 1. The van der Waals surface area contributed by atoms with E-state index in [1.807, 2.05) is 37.3 Å². The minimum Gasteiger partial charge on any atom is -0.293 e. The molecule has 2 aromatic heterocycles. The summed E-state index contributed by atoms with van der Waals surface area (Å²) in [5.41, 5.74) is 3.50. The van der Waals surface area contributed by atoms with E-state index in [2.05, 4.69) is 20.2 Å². The van der Waals surface area contributed by atoms with Crippen molar-refractivity contribution in [3.8, 4) is 11.4 Å². The lowest BCUT2D eigenvalue weighted by Crippen LogP contribution is -2.14. The molecule has 0 aliphatic heterocycles. The summed E-state index contributed by atoms with van der Waals surface area (Å²) in [4.78, 5) is 21.2. The van der Waals surface area contributed by atoms with Crippen LogP contribution in [0.2, 0.25) is 10.0 Å². The first-order chi connectivity index (χ1) is 13.0. The van der Waals surface area contributed by atoms with Gasteiger partial charge in [-0.05, 0) is 24.5 Å². The zero-order chi connectivity index (χ0) is 19.0. The molecule has 0 saturated heterocycles. The molecule has 0 fully saturated rings. The Labute approximate surface area is 170 Å². The first kappa shape index (κ1) is 18.2. The molecule has 1 aliphatic rings. The molecule has 0 saturated carbocycles. The quantitative estimate of drug-likeness (QED) is 0.600. The van der Waals surface area contributed by atoms with Crippen LogP contribution in [0, 0.1) is 0 Å². The number of nitrogens with zero attached hydrogens (tertiary/aromatic N) is 3. The Hall–Kier alpha value is -2.15. The van der Waals surface area contributed by atoms with E-state index in [1.54, 1.807) is 0 Å². The lowest BCUT2D eigenvalue weighted by atomic mass is 10.0. The normalized spacial score (nSPS) is 14.0. The van der Waals surface area contributed by atoms with Crippen LogP contribution in [-0.4, -0.2) is 31.2 Å². The third-order valence-electron chi connectivity index (χ3n) is 4.31. The van der Waals surface area contributed by atoms with E-state index in [9.17, 15) is 4.79 Å². The number of carbonyl (C=O) groups excluding carboxylic acids is 1. The molecule has 8 heteroatoms. The van der Waals surface area contributed by atoms with E-state index in [0.717, 1.165) is 17.6 Å². The molecular weight excluding hydrogens is 403 g/mol. The number of fused-ring (bicyclic) bond motifs is 1. The second-order valence-corrected chi connectivity index (χ2v) is 8.17. The van der Waals surface area contributed by atoms with E-state index < -0.39 is 0 Å². The van der Waals surface area contributed by atoms with Crippen LogP contribution >= 0.6 is 35.0 Å². The van der Waals surface area contributed by atoms with Crippen LogP contribution in [0.5, 0.6) is 0 Å². The number of ketones is 1. The van der Waals surface area contributed by atoms with Crippen molar-refractivity contribution >= 4 is 46.3 Å². The molecule has 0 amide bonds. The number of nitrogens with one attached hydrogen (secondary N) is 1. The van der Waals surface area contributed by atoms with Gasteiger partial charge in [0.25, 0.3) is 0 Å². The maximum Gasteiger partial charge on any atom is 0.209 e. The summed E-state index contributed by atoms with van der Waals surface area (Å²) in [5.74, 6) is 0.510. The number of hydrogen-bond donors (Lipinski definition) is 1. The first-order valence-corrected chi connectivity index (χ1v) is 9.89. The largest absolute Gasteiger partial charge is 0.293 e. The summed E-state index contributed by atoms with van der Waals surface area (Å²) in [5, 5.41) is 7.91. The second kappa shape index (κ2) is 7.46. The minimum atomic E-state index is -0.325. The van der Waals surface area contributed by atoms with Crippen molar-refractivity contribution in [3.63, 3.8) is 0 Å². The second-order valence-electron chi connectivity index (χ2n) is 6.05. The summed E-state index contributed by atoms with van der Waals surface area (Å²) >= 11 is 13.6. The fourth-order valence-electron chi connectivity index (χ4n) is 3.00. The van der Waals surface area contributed by atoms with Crippen molar-refractivity contribution in [2.24, 2.45) is 0 Å². The molecule has 1 N–H and O–H groups in total. The molecule has 27 heavy (non-hydrogen) atoms. The van der Waals surface area contributed by atoms with Gasteiger partial charge < -0.3 is 0 Å². The van der Waals surface area contributed by atoms with E-state index >= 15 is 0 Å². The summed E-state index contributed by atoms with van der Waals surface area (Å²) < 4.78 is 0. The Morgan fingerprint density at radius 3 is 2.74 bits per heavy atom. The number of rotatable bonds is 5. The number of halogens is 2. The van der Waals surface area contributed by atoms with Crippen molar-refractivity contribution < 1.29 is 4.79 Å². The van der Waals surface area contributed by atoms with Gasteiger partial charge in [0.15, 0.2) is 11.6 Å². The molecule has 1 aliphatic carbocycles. The molecule has 5 nitrogen and oxygen atoms in total. The zero-order valence-electron chi connectivity index (χ0n) is 14.2. The molecule has 1 aromatic carbocycles. The van der Waals surface area contributed by atoms with Gasteiger partial charge in [0.05, 0.1) is 20.9 Å². The Bertz CT molecular complexity index is 1040. The maximum absolute atomic E-state index is 12.9. The van der Waals surface area contributed by atoms with Crippen molar-refractivity contribution in [1.29, 1.82) is 0 Å². The molecule has 0 radical (unpaired) electrons. The highest BCUT2D eigenvalue weighted by molar-refractivity contribution is 8.00. The monoisotopic (exact) mass is 416 g/mol. The van der Waals surface area contributed by atoms with Gasteiger partial charge in [-0.3, -0.25) is 14.9 Å². The third kappa shape index (κ3) is 3.52. The van der Waals surface area contributed by atoms with E-state index in [1.165, 1.54) is 29.7 Å².